The molecule has 2 atom stereocenters. The molecule has 0 radical (unpaired) electrons. The van der Waals surface area contributed by atoms with Gasteiger partial charge < -0.3 is 10.4 Å². The molecular formula is C14H19N3O4. The Morgan fingerprint density at radius 3 is 2.71 bits per heavy atom. The third-order valence-corrected chi connectivity index (χ3v) is 3.67. The van der Waals surface area contributed by atoms with E-state index in [4.69, 9.17) is 0 Å². The zero-order valence-electron chi connectivity index (χ0n) is 11.9. The number of aliphatic hydroxyl groups is 1. The number of non-ortho nitro benzene ring substituents is 1. The number of hydrogen-bond acceptors (Lipinski definition) is 5. The highest BCUT2D eigenvalue weighted by molar-refractivity contribution is 5.92. The van der Waals surface area contributed by atoms with Crippen LogP contribution in [0.4, 0.5) is 11.4 Å². The molecule has 0 aliphatic carbocycles. The predicted octanol–water partition coefficient (Wildman–Crippen LogP) is 1.24. The summed E-state index contributed by atoms with van der Waals surface area (Å²) in [5.41, 5.74) is 0.530. The Hall–Kier alpha value is -1.99. The van der Waals surface area contributed by atoms with Crippen LogP contribution in [0.1, 0.15) is 13.3 Å². The normalized spacial score (nSPS) is 22.8. The third kappa shape index (κ3) is 4.24. The fraction of sp³-hybridized carbons (Fsp3) is 0.500. The van der Waals surface area contributed by atoms with E-state index in [0.717, 1.165) is 0 Å². The maximum absolute atomic E-state index is 11.9. The van der Waals surface area contributed by atoms with E-state index >= 15 is 0 Å². The summed E-state index contributed by atoms with van der Waals surface area (Å²) in [5.74, 6) is -0.00151. The van der Waals surface area contributed by atoms with Gasteiger partial charge in [0, 0.05) is 30.9 Å². The molecular weight excluding hydrogens is 274 g/mol. The number of piperidine rings is 1. The Labute approximate surface area is 122 Å². The SMILES string of the molecule is CC1CN(CC(=O)Nc2ccc([N+](=O)[O-])cc2)CCC1O. The van der Waals surface area contributed by atoms with E-state index in [-0.39, 0.29) is 30.2 Å². The number of amides is 1. The van der Waals surface area contributed by atoms with E-state index in [0.29, 0.717) is 25.2 Å². The molecule has 7 nitrogen and oxygen atoms in total. The first kappa shape index (κ1) is 15.4. The minimum atomic E-state index is -0.480. The summed E-state index contributed by atoms with van der Waals surface area (Å²) in [6, 6.07) is 5.74. The number of aliphatic hydroxyl groups excluding tert-OH is 1. The maximum atomic E-state index is 11.9. The van der Waals surface area contributed by atoms with Crippen LogP contribution in [0.5, 0.6) is 0 Å². The smallest absolute Gasteiger partial charge is 0.269 e. The Balaban J connectivity index is 1.85. The Morgan fingerprint density at radius 2 is 2.14 bits per heavy atom. The second kappa shape index (κ2) is 6.64. The molecule has 1 amide bonds. The monoisotopic (exact) mass is 293 g/mol. The minimum absolute atomic E-state index is 0.00755. The van der Waals surface area contributed by atoms with Crippen LogP contribution < -0.4 is 5.32 Å². The quantitative estimate of drug-likeness (QED) is 0.643. The van der Waals surface area contributed by atoms with Crippen LogP contribution in [-0.2, 0) is 4.79 Å². The van der Waals surface area contributed by atoms with Gasteiger partial charge in [-0.1, -0.05) is 6.92 Å². The van der Waals surface area contributed by atoms with Crippen LogP contribution >= 0.6 is 0 Å². The van der Waals surface area contributed by atoms with Crippen molar-refractivity contribution in [1.82, 2.24) is 4.90 Å². The molecule has 21 heavy (non-hydrogen) atoms. The summed E-state index contributed by atoms with van der Waals surface area (Å²) >= 11 is 0. The van der Waals surface area contributed by atoms with E-state index in [9.17, 15) is 20.0 Å². The van der Waals surface area contributed by atoms with E-state index in [1.54, 1.807) is 0 Å². The molecule has 0 spiro atoms. The molecule has 7 heteroatoms. The van der Waals surface area contributed by atoms with Crippen LogP contribution in [0.15, 0.2) is 24.3 Å². The van der Waals surface area contributed by atoms with Gasteiger partial charge in [0.25, 0.3) is 5.69 Å². The minimum Gasteiger partial charge on any atom is -0.393 e. The molecule has 1 aliphatic heterocycles. The molecule has 2 N–H and O–H groups in total. The van der Waals surface area contributed by atoms with Crippen molar-refractivity contribution in [2.24, 2.45) is 5.92 Å². The van der Waals surface area contributed by atoms with Crippen molar-refractivity contribution in [3.8, 4) is 0 Å². The number of nitrogens with zero attached hydrogens (tertiary/aromatic N) is 2. The number of anilines is 1. The van der Waals surface area contributed by atoms with Crippen molar-refractivity contribution >= 4 is 17.3 Å². The highest BCUT2D eigenvalue weighted by Crippen LogP contribution is 2.17. The first-order valence-corrected chi connectivity index (χ1v) is 6.90. The van der Waals surface area contributed by atoms with Crippen LogP contribution in [0.25, 0.3) is 0 Å². The largest absolute Gasteiger partial charge is 0.393 e. The van der Waals surface area contributed by atoms with Crippen molar-refractivity contribution in [3.63, 3.8) is 0 Å². The summed E-state index contributed by atoms with van der Waals surface area (Å²) in [4.78, 5) is 24.0. The Kier molecular flexibility index (Phi) is 4.87. The number of likely N-dealkylation sites (tertiary alicyclic amines) is 1. The second-order valence-electron chi connectivity index (χ2n) is 5.42. The van der Waals surface area contributed by atoms with Crippen molar-refractivity contribution in [3.05, 3.63) is 34.4 Å². The van der Waals surface area contributed by atoms with Gasteiger partial charge >= 0.3 is 0 Å². The van der Waals surface area contributed by atoms with Gasteiger partial charge in [0.15, 0.2) is 0 Å². The molecule has 2 rings (SSSR count). The molecule has 114 valence electrons. The summed E-state index contributed by atoms with van der Waals surface area (Å²) in [6.45, 7) is 3.60. The van der Waals surface area contributed by atoms with Crippen LogP contribution in [0.3, 0.4) is 0 Å². The molecule has 1 fully saturated rings. The standard InChI is InChI=1S/C14H19N3O4/c1-10-8-16(7-6-13(10)18)9-14(19)15-11-2-4-12(5-3-11)17(20)21/h2-5,10,13,18H,6-9H2,1H3,(H,15,19). The molecule has 1 aromatic rings. The highest BCUT2D eigenvalue weighted by Gasteiger charge is 2.25. The number of nitro groups is 1. The number of carbonyl (C=O) groups excluding carboxylic acids is 1. The second-order valence-corrected chi connectivity index (χ2v) is 5.42. The van der Waals surface area contributed by atoms with Gasteiger partial charge in [-0.05, 0) is 24.5 Å². The van der Waals surface area contributed by atoms with Crippen LogP contribution in [0, 0.1) is 16.0 Å². The zero-order valence-corrected chi connectivity index (χ0v) is 11.9. The van der Waals surface area contributed by atoms with Gasteiger partial charge in [-0.2, -0.15) is 0 Å². The van der Waals surface area contributed by atoms with E-state index in [2.05, 4.69) is 5.32 Å². The van der Waals surface area contributed by atoms with E-state index < -0.39 is 4.92 Å². The molecule has 1 heterocycles. The molecule has 1 saturated heterocycles. The molecule has 0 bridgehead atoms. The van der Waals surface area contributed by atoms with Gasteiger partial charge in [0.2, 0.25) is 5.91 Å². The average molecular weight is 293 g/mol. The van der Waals surface area contributed by atoms with E-state index in [1.165, 1.54) is 24.3 Å². The lowest BCUT2D eigenvalue weighted by Crippen LogP contribution is -2.45. The number of nitro benzene ring substituents is 1. The summed E-state index contributed by atoms with van der Waals surface area (Å²) < 4.78 is 0. The van der Waals surface area contributed by atoms with Crippen molar-refractivity contribution in [2.75, 3.05) is 25.0 Å². The number of benzene rings is 1. The molecule has 0 aromatic heterocycles. The summed E-state index contributed by atoms with van der Waals surface area (Å²) in [6.07, 6.45) is 0.380. The maximum Gasteiger partial charge on any atom is 0.269 e. The third-order valence-electron chi connectivity index (χ3n) is 3.67. The topological polar surface area (TPSA) is 95.7 Å². The average Bonchev–Trinajstić information content (AvgIpc) is 2.43. The lowest BCUT2D eigenvalue weighted by Gasteiger charge is -2.33. The van der Waals surface area contributed by atoms with Crippen LogP contribution in [-0.4, -0.2) is 46.6 Å². The number of carbonyl (C=O) groups is 1. The first-order valence-electron chi connectivity index (χ1n) is 6.90. The number of hydrogen-bond donors (Lipinski definition) is 2. The zero-order chi connectivity index (χ0) is 15.4. The van der Waals surface area contributed by atoms with Crippen molar-refractivity contribution in [1.29, 1.82) is 0 Å². The van der Waals surface area contributed by atoms with Gasteiger partial charge in [-0.25, -0.2) is 0 Å². The van der Waals surface area contributed by atoms with Crippen molar-refractivity contribution < 1.29 is 14.8 Å². The number of nitrogens with one attached hydrogen (secondary N) is 1. The summed E-state index contributed by atoms with van der Waals surface area (Å²) in [5, 5.41) is 22.9. The van der Waals surface area contributed by atoms with E-state index in [1.807, 2.05) is 11.8 Å². The number of rotatable bonds is 4. The lowest BCUT2D eigenvalue weighted by atomic mass is 9.97. The first-order chi connectivity index (χ1) is 9.95. The fourth-order valence-electron chi connectivity index (χ4n) is 2.43. The molecule has 2 unspecified atom stereocenters. The molecule has 1 aromatic carbocycles. The van der Waals surface area contributed by atoms with Gasteiger partial charge in [0.1, 0.15) is 0 Å². The predicted molar refractivity (Wildman–Crippen MR) is 78.0 cm³/mol. The van der Waals surface area contributed by atoms with Crippen molar-refractivity contribution in [2.45, 2.75) is 19.4 Å². The van der Waals surface area contributed by atoms with Gasteiger partial charge in [-0.3, -0.25) is 19.8 Å². The fourth-order valence-corrected chi connectivity index (χ4v) is 2.43. The molecule has 0 saturated carbocycles. The lowest BCUT2D eigenvalue weighted by molar-refractivity contribution is -0.384. The molecule has 1 aliphatic rings. The van der Waals surface area contributed by atoms with Gasteiger partial charge in [-0.15, -0.1) is 0 Å². The van der Waals surface area contributed by atoms with Crippen LogP contribution in [0.2, 0.25) is 0 Å². The highest BCUT2D eigenvalue weighted by atomic mass is 16.6. The Morgan fingerprint density at radius 1 is 1.48 bits per heavy atom. The van der Waals surface area contributed by atoms with Gasteiger partial charge in [0.05, 0.1) is 17.6 Å². The summed E-state index contributed by atoms with van der Waals surface area (Å²) in [7, 11) is 0. The Bertz CT molecular complexity index is 517.